The van der Waals surface area contributed by atoms with Gasteiger partial charge in [-0.2, -0.15) is 13.2 Å². The monoisotopic (exact) mass is 254 g/mol. The molecular weight excluding hydrogens is 241 g/mol. The molecule has 0 aromatic carbocycles. The van der Waals surface area contributed by atoms with E-state index in [1.807, 2.05) is 0 Å². The second kappa shape index (κ2) is 6.24. The van der Waals surface area contributed by atoms with Crippen molar-refractivity contribution in [3.05, 3.63) is 12.7 Å². The number of amides is 1. The maximum Gasteiger partial charge on any atom is 0.471 e. The van der Waals surface area contributed by atoms with Gasteiger partial charge < -0.3 is 15.8 Å². The van der Waals surface area contributed by atoms with Gasteiger partial charge in [-0.3, -0.25) is 9.59 Å². The molecule has 2 atom stereocenters. The van der Waals surface area contributed by atoms with Crippen LogP contribution in [0.3, 0.4) is 0 Å². The first-order chi connectivity index (χ1) is 7.73. The molecule has 0 radical (unpaired) electrons. The zero-order chi connectivity index (χ0) is 13.6. The lowest BCUT2D eigenvalue weighted by Crippen LogP contribution is -2.54. The SMILES string of the molecule is C=CCC(NC(=O)C(F)(F)F)[C@H](N)C(=O)OC. The normalized spacial score (nSPS) is 14.6. The average Bonchev–Trinajstić information content (AvgIpc) is 2.25. The fourth-order valence-corrected chi connectivity index (χ4v) is 1.03. The Morgan fingerprint density at radius 1 is 1.53 bits per heavy atom. The van der Waals surface area contributed by atoms with Gasteiger partial charge in [-0.05, 0) is 6.42 Å². The van der Waals surface area contributed by atoms with Gasteiger partial charge in [-0.1, -0.05) is 6.08 Å². The molecule has 1 amide bonds. The topological polar surface area (TPSA) is 81.4 Å². The van der Waals surface area contributed by atoms with Crippen LogP contribution in [0.5, 0.6) is 0 Å². The molecule has 17 heavy (non-hydrogen) atoms. The Bertz CT molecular complexity index is 304. The molecule has 0 aliphatic rings. The lowest BCUT2D eigenvalue weighted by atomic mass is 10.1. The Morgan fingerprint density at radius 3 is 2.41 bits per heavy atom. The number of alkyl halides is 3. The minimum Gasteiger partial charge on any atom is -0.468 e. The van der Waals surface area contributed by atoms with Crippen molar-refractivity contribution >= 4 is 11.9 Å². The molecule has 0 heterocycles. The third kappa shape index (κ3) is 4.85. The van der Waals surface area contributed by atoms with Crippen LogP contribution in [0.1, 0.15) is 6.42 Å². The van der Waals surface area contributed by atoms with Gasteiger partial charge in [-0.15, -0.1) is 6.58 Å². The van der Waals surface area contributed by atoms with Crippen molar-refractivity contribution in [3.8, 4) is 0 Å². The number of esters is 1. The maximum absolute atomic E-state index is 12.0. The van der Waals surface area contributed by atoms with Crippen LogP contribution in [0, 0.1) is 0 Å². The molecule has 1 unspecified atom stereocenters. The fraction of sp³-hybridized carbons (Fsp3) is 0.556. The summed E-state index contributed by atoms with van der Waals surface area (Å²) in [5.41, 5.74) is 5.35. The standard InChI is InChI=1S/C9H13F3N2O3/c1-3-4-5(6(13)7(15)17-2)14-8(16)9(10,11)12/h3,5-6H,1,4,13H2,2H3,(H,14,16)/t5?,6-/m0/s1. The molecule has 0 aliphatic carbocycles. The summed E-state index contributed by atoms with van der Waals surface area (Å²) in [6, 6.07) is -2.60. The van der Waals surface area contributed by atoms with Gasteiger partial charge in [0.2, 0.25) is 0 Å². The highest BCUT2D eigenvalue weighted by atomic mass is 19.4. The highest BCUT2D eigenvalue weighted by Gasteiger charge is 2.41. The molecule has 0 spiro atoms. The van der Waals surface area contributed by atoms with E-state index in [9.17, 15) is 22.8 Å². The molecule has 0 saturated carbocycles. The Morgan fingerprint density at radius 2 is 2.06 bits per heavy atom. The van der Waals surface area contributed by atoms with Gasteiger partial charge in [0.25, 0.3) is 0 Å². The summed E-state index contributed by atoms with van der Waals surface area (Å²) in [4.78, 5) is 21.7. The van der Waals surface area contributed by atoms with E-state index in [1.54, 1.807) is 5.32 Å². The Kier molecular flexibility index (Phi) is 5.66. The van der Waals surface area contributed by atoms with Gasteiger partial charge in [0.05, 0.1) is 13.2 Å². The number of nitrogens with one attached hydrogen (secondary N) is 1. The summed E-state index contributed by atoms with van der Waals surface area (Å²) < 4.78 is 40.3. The summed E-state index contributed by atoms with van der Waals surface area (Å²) in [5.74, 6) is -3.08. The summed E-state index contributed by atoms with van der Waals surface area (Å²) >= 11 is 0. The summed E-state index contributed by atoms with van der Waals surface area (Å²) in [7, 11) is 1.04. The lowest BCUT2D eigenvalue weighted by Gasteiger charge is -2.22. The molecule has 98 valence electrons. The molecule has 0 saturated heterocycles. The molecule has 0 fully saturated rings. The van der Waals surface area contributed by atoms with E-state index in [0.29, 0.717) is 0 Å². The molecule has 0 aromatic heterocycles. The highest BCUT2D eigenvalue weighted by Crippen LogP contribution is 2.15. The Hall–Kier alpha value is -1.57. The van der Waals surface area contributed by atoms with Crippen LogP contribution >= 0.6 is 0 Å². The molecule has 8 heteroatoms. The number of rotatable bonds is 5. The first-order valence-corrected chi connectivity index (χ1v) is 4.56. The van der Waals surface area contributed by atoms with Crippen LogP contribution in [-0.2, 0) is 14.3 Å². The van der Waals surface area contributed by atoms with Crippen molar-refractivity contribution in [2.75, 3.05) is 7.11 Å². The van der Waals surface area contributed by atoms with Gasteiger partial charge in [0, 0.05) is 0 Å². The van der Waals surface area contributed by atoms with Crippen molar-refractivity contribution in [2.24, 2.45) is 5.73 Å². The first kappa shape index (κ1) is 15.4. The third-order valence-corrected chi connectivity index (χ3v) is 1.90. The van der Waals surface area contributed by atoms with E-state index < -0.39 is 30.1 Å². The number of hydrogen-bond acceptors (Lipinski definition) is 4. The van der Waals surface area contributed by atoms with Crippen LogP contribution in [0.25, 0.3) is 0 Å². The van der Waals surface area contributed by atoms with E-state index in [2.05, 4.69) is 11.3 Å². The Labute approximate surface area is 95.8 Å². The van der Waals surface area contributed by atoms with Crippen molar-refractivity contribution in [2.45, 2.75) is 24.7 Å². The molecule has 5 nitrogen and oxygen atoms in total. The summed E-state index contributed by atoms with van der Waals surface area (Å²) in [5, 5.41) is 1.61. The summed E-state index contributed by atoms with van der Waals surface area (Å²) in [6.45, 7) is 3.30. The van der Waals surface area contributed by atoms with Crippen LogP contribution < -0.4 is 11.1 Å². The quantitative estimate of drug-likeness (QED) is 0.539. The molecule has 3 N–H and O–H groups in total. The third-order valence-electron chi connectivity index (χ3n) is 1.90. The largest absolute Gasteiger partial charge is 0.471 e. The number of ether oxygens (including phenoxy) is 1. The van der Waals surface area contributed by atoms with E-state index in [-0.39, 0.29) is 6.42 Å². The predicted molar refractivity (Wildman–Crippen MR) is 52.8 cm³/mol. The van der Waals surface area contributed by atoms with E-state index in [1.165, 1.54) is 6.08 Å². The second-order valence-corrected chi connectivity index (χ2v) is 3.15. The van der Waals surface area contributed by atoms with Crippen LogP contribution in [0.4, 0.5) is 13.2 Å². The zero-order valence-corrected chi connectivity index (χ0v) is 9.08. The molecule has 0 aromatic rings. The molecule has 0 rings (SSSR count). The number of hydrogen-bond donors (Lipinski definition) is 2. The number of carbonyl (C=O) groups is 2. The van der Waals surface area contributed by atoms with Gasteiger partial charge in [-0.25, -0.2) is 0 Å². The second-order valence-electron chi connectivity index (χ2n) is 3.15. The summed E-state index contributed by atoms with van der Waals surface area (Å²) in [6.07, 6.45) is -3.88. The van der Waals surface area contributed by atoms with Gasteiger partial charge in [0.1, 0.15) is 6.04 Å². The van der Waals surface area contributed by atoms with Crippen molar-refractivity contribution < 1.29 is 27.5 Å². The smallest absolute Gasteiger partial charge is 0.468 e. The Balaban J connectivity index is 4.70. The highest BCUT2D eigenvalue weighted by molar-refractivity contribution is 5.83. The average molecular weight is 254 g/mol. The number of methoxy groups -OCH3 is 1. The van der Waals surface area contributed by atoms with Crippen LogP contribution in [-0.4, -0.2) is 37.2 Å². The van der Waals surface area contributed by atoms with Crippen molar-refractivity contribution in [3.63, 3.8) is 0 Å². The van der Waals surface area contributed by atoms with Gasteiger partial charge >= 0.3 is 18.1 Å². The molecular formula is C9H13F3N2O3. The molecule has 0 bridgehead atoms. The minimum atomic E-state index is -5.03. The van der Waals surface area contributed by atoms with Crippen LogP contribution in [0.15, 0.2) is 12.7 Å². The zero-order valence-electron chi connectivity index (χ0n) is 9.08. The van der Waals surface area contributed by atoms with Crippen LogP contribution in [0.2, 0.25) is 0 Å². The van der Waals surface area contributed by atoms with Crippen molar-refractivity contribution in [1.29, 1.82) is 0 Å². The predicted octanol–water partition coefficient (Wildman–Crippen LogP) is 0.110. The van der Waals surface area contributed by atoms with E-state index in [0.717, 1.165) is 7.11 Å². The number of halogens is 3. The van der Waals surface area contributed by atoms with E-state index in [4.69, 9.17) is 5.73 Å². The first-order valence-electron chi connectivity index (χ1n) is 4.56. The number of carbonyl (C=O) groups excluding carboxylic acids is 2. The van der Waals surface area contributed by atoms with E-state index >= 15 is 0 Å². The maximum atomic E-state index is 12.0. The van der Waals surface area contributed by atoms with Crippen molar-refractivity contribution in [1.82, 2.24) is 5.32 Å². The fourth-order valence-electron chi connectivity index (χ4n) is 1.03. The molecule has 0 aliphatic heterocycles. The lowest BCUT2D eigenvalue weighted by molar-refractivity contribution is -0.174. The minimum absolute atomic E-state index is 0.0852. The van der Waals surface area contributed by atoms with Gasteiger partial charge in [0.15, 0.2) is 0 Å². The number of nitrogens with two attached hydrogens (primary N) is 1.